The minimum Gasteiger partial charge on any atom is -0.310 e. The van der Waals surface area contributed by atoms with Crippen molar-refractivity contribution in [3.63, 3.8) is 0 Å². The molecule has 0 saturated carbocycles. The molecule has 0 bridgehead atoms. The maximum absolute atomic E-state index is 4.03. The van der Waals surface area contributed by atoms with E-state index in [1.54, 1.807) is 0 Å². The molecule has 3 nitrogen and oxygen atoms in total. The molecule has 0 saturated heterocycles. The van der Waals surface area contributed by atoms with Gasteiger partial charge in [0.25, 0.3) is 0 Å². The van der Waals surface area contributed by atoms with Gasteiger partial charge >= 0.3 is 0 Å². The van der Waals surface area contributed by atoms with Crippen molar-refractivity contribution in [3.05, 3.63) is 52.8 Å². The van der Waals surface area contributed by atoms with Gasteiger partial charge in [0, 0.05) is 23.8 Å². The molecule has 0 radical (unpaired) electrons. The van der Waals surface area contributed by atoms with E-state index >= 15 is 0 Å². The van der Waals surface area contributed by atoms with Gasteiger partial charge in [-0.15, -0.1) is 0 Å². The fourth-order valence-electron chi connectivity index (χ4n) is 2.08. The fourth-order valence-corrected chi connectivity index (χ4v) is 2.08. The second-order valence-electron chi connectivity index (χ2n) is 4.93. The van der Waals surface area contributed by atoms with Crippen LogP contribution in [0, 0.1) is 13.8 Å². The molecule has 18 heavy (non-hydrogen) atoms. The largest absolute Gasteiger partial charge is 0.310 e. The number of rotatable bonds is 5. The van der Waals surface area contributed by atoms with Crippen LogP contribution >= 0.6 is 0 Å². The number of aromatic amines is 1. The van der Waals surface area contributed by atoms with Gasteiger partial charge in [-0.1, -0.05) is 24.3 Å². The van der Waals surface area contributed by atoms with Crippen LogP contribution in [0.5, 0.6) is 0 Å². The molecule has 1 aromatic heterocycles. The highest BCUT2D eigenvalue weighted by molar-refractivity contribution is 5.26. The summed E-state index contributed by atoms with van der Waals surface area (Å²) in [6.45, 7) is 7.32. The van der Waals surface area contributed by atoms with E-state index in [0.29, 0.717) is 6.04 Å². The molecular formula is C15H21N3. The summed E-state index contributed by atoms with van der Waals surface area (Å²) >= 11 is 0. The molecule has 0 spiro atoms. The van der Waals surface area contributed by atoms with E-state index in [4.69, 9.17) is 0 Å². The monoisotopic (exact) mass is 243 g/mol. The Kier molecular flexibility index (Phi) is 4.15. The van der Waals surface area contributed by atoms with Crippen molar-refractivity contribution in [2.75, 3.05) is 0 Å². The van der Waals surface area contributed by atoms with Gasteiger partial charge in [0.15, 0.2) is 0 Å². The lowest BCUT2D eigenvalue weighted by Crippen LogP contribution is -2.27. The van der Waals surface area contributed by atoms with Crippen LogP contribution in [-0.2, 0) is 13.0 Å². The van der Waals surface area contributed by atoms with E-state index in [2.05, 4.69) is 60.6 Å². The van der Waals surface area contributed by atoms with E-state index in [0.717, 1.165) is 18.7 Å². The van der Waals surface area contributed by atoms with Crippen molar-refractivity contribution in [3.8, 4) is 0 Å². The molecule has 0 aliphatic carbocycles. The molecule has 0 fully saturated rings. The number of nitrogens with zero attached hydrogens (tertiary/aromatic N) is 1. The quantitative estimate of drug-likeness (QED) is 0.847. The molecule has 2 rings (SSSR count). The maximum atomic E-state index is 4.03. The van der Waals surface area contributed by atoms with Gasteiger partial charge in [-0.05, 0) is 38.3 Å². The normalized spacial score (nSPS) is 12.6. The summed E-state index contributed by atoms with van der Waals surface area (Å²) in [5, 5.41) is 10.5. The summed E-state index contributed by atoms with van der Waals surface area (Å²) in [5.41, 5.74) is 5.17. The minimum atomic E-state index is 0.459. The first-order chi connectivity index (χ1) is 8.66. The van der Waals surface area contributed by atoms with Crippen molar-refractivity contribution in [1.29, 1.82) is 0 Å². The van der Waals surface area contributed by atoms with Gasteiger partial charge in [-0.2, -0.15) is 5.10 Å². The van der Waals surface area contributed by atoms with Gasteiger partial charge in [-0.25, -0.2) is 0 Å². The predicted octanol–water partition coefficient (Wildman–Crippen LogP) is 2.75. The van der Waals surface area contributed by atoms with E-state index in [1.165, 1.54) is 16.7 Å². The number of aryl methyl sites for hydroxylation is 2. The van der Waals surface area contributed by atoms with Gasteiger partial charge in [-0.3, -0.25) is 5.10 Å². The Hall–Kier alpha value is -1.61. The van der Waals surface area contributed by atoms with Crippen molar-refractivity contribution in [1.82, 2.24) is 15.5 Å². The Bertz CT molecular complexity index is 502. The Labute approximate surface area is 109 Å². The fraction of sp³-hybridized carbons (Fsp3) is 0.400. The average Bonchev–Trinajstić information content (AvgIpc) is 2.75. The van der Waals surface area contributed by atoms with Gasteiger partial charge < -0.3 is 5.32 Å². The number of aromatic nitrogens is 2. The summed E-state index contributed by atoms with van der Waals surface area (Å²) in [4.78, 5) is 0. The van der Waals surface area contributed by atoms with E-state index < -0.39 is 0 Å². The van der Waals surface area contributed by atoms with E-state index in [1.807, 2.05) is 6.20 Å². The zero-order valence-electron chi connectivity index (χ0n) is 11.3. The Morgan fingerprint density at radius 3 is 2.67 bits per heavy atom. The van der Waals surface area contributed by atoms with Crippen LogP contribution in [-0.4, -0.2) is 16.2 Å². The molecular weight excluding hydrogens is 222 g/mol. The van der Waals surface area contributed by atoms with Crippen LogP contribution in [0.2, 0.25) is 0 Å². The third-order valence-corrected chi connectivity index (χ3v) is 3.36. The highest BCUT2D eigenvalue weighted by Crippen LogP contribution is 2.10. The van der Waals surface area contributed by atoms with Crippen LogP contribution in [0.4, 0.5) is 0 Å². The van der Waals surface area contributed by atoms with Crippen molar-refractivity contribution in [2.24, 2.45) is 0 Å². The van der Waals surface area contributed by atoms with Crippen LogP contribution in [0.25, 0.3) is 0 Å². The lowest BCUT2D eigenvalue weighted by atomic mass is 10.0. The Morgan fingerprint density at radius 1 is 1.22 bits per heavy atom. The Balaban J connectivity index is 1.88. The summed E-state index contributed by atoms with van der Waals surface area (Å²) in [6.07, 6.45) is 2.95. The molecule has 1 heterocycles. The third-order valence-electron chi connectivity index (χ3n) is 3.36. The van der Waals surface area contributed by atoms with Crippen LogP contribution < -0.4 is 5.32 Å². The number of hydrogen-bond donors (Lipinski definition) is 2. The van der Waals surface area contributed by atoms with Crippen LogP contribution in [0.1, 0.15) is 29.3 Å². The molecule has 1 atom stereocenters. The number of benzene rings is 1. The highest BCUT2D eigenvalue weighted by atomic mass is 15.1. The summed E-state index contributed by atoms with van der Waals surface area (Å²) in [7, 11) is 0. The second-order valence-corrected chi connectivity index (χ2v) is 4.93. The van der Waals surface area contributed by atoms with Gasteiger partial charge in [0.1, 0.15) is 0 Å². The predicted molar refractivity (Wildman–Crippen MR) is 74.5 cm³/mol. The summed E-state index contributed by atoms with van der Waals surface area (Å²) in [6, 6.07) is 9.03. The first-order valence-corrected chi connectivity index (χ1v) is 6.43. The summed E-state index contributed by atoms with van der Waals surface area (Å²) in [5.74, 6) is 0. The molecule has 96 valence electrons. The van der Waals surface area contributed by atoms with Crippen LogP contribution in [0.3, 0.4) is 0 Å². The number of hydrogen-bond acceptors (Lipinski definition) is 2. The standard InChI is InChI=1S/C15H21N3/c1-11-6-4-5-7-14(11)8-12(2)16-9-15-10-17-18-13(15)3/h4-7,10,12,16H,8-9H2,1-3H3,(H,17,18). The first-order valence-electron chi connectivity index (χ1n) is 6.43. The minimum absolute atomic E-state index is 0.459. The van der Waals surface area contributed by atoms with Crippen LogP contribution in [0.15, 0.2) is 30.5 Å². The molecule has 3 heteroatoms. The molecule has 1 unspecified atom stereocenters. The summed E-state index contributed by atoms with van der Waals surface area (Å²) < 4.78 is 0. The molecule has 1 aromatic carbocycles. The smallest absolute Gasteiger partial charge is 0.0535 e. The molecule has 0 amide bonds. The van der Waals surface area contributed by atoms with Crippen molar-refractivity contribution < 1.29 is 0 Å². The molecule has 0 aliphatic rings. The first kappa shape index (κ1) is 12.8. The topological polar surface area (TPSA) is 40.7 Å². The van der Waals surface area contributed by atoms with Gasteiger partial charge in [0.05, 0.1) is 6.20 Å². The molecule has 2 aromatic rings. The Morgan fingerprint density at radius 2 is 2.00 bits per heavy atom. The lowest BCUT2D eigenvalue weighted by molar-refractivity contribution is 0.543. The zero-order chi connectivity index (χ0) is 13.0. The second kappa shape index (κ2) is 5.83. The zero-order valence-corrected chi connectivity index (χ0v) is 11.3. The van der Waals surface area contributed by atoms with E-state index in [9.17, 15) is 0 Å². The third kappa shape index (κ3) is 3.20. The van der Waals surface area contributed by atoms with Gasteiger partial charge in [0.2, 0.25) is 0 Å². The molecule has 2 N–H and O–H groups in total. The van der Waals surface area contributed by atoms with Crippen molar-refractivity contribution in [2.45, 2.75) is 39.8 Å². The lowest BCUT2D eigenvalue weighted by Gasteiger charge is -2.15. The number of H-pyrrole nitrogens is 1. The van der Waals surface area contributed by atoms with Crippen molar-refractivity contribution >= 4 is 0 Å². The SMILES string of the molecule is Cc1ccccc1CC(C)NCc1cn[nH]c1C. The van der Waals surface area contributed by atoms with E-state index in [-0.39, 0.29) is 0 Å². The maximum Gasteiger partial charge on any atom is 0.0535 e. The average molecular weight is 243 g/mol. The highest BCUT2D eigenvalue weighted by Gasteiger charge is 2.06. The number of nitrogens with one attached hydrogen (secondary N) is 2. The molecule has 0 aliphatic heterocycles.